The largest absolute Gasteiger partial charge is 0.481 e. The van der Waals surface area contributed by atoms with Crippen LogP contribution in [0.2, 0.25) is 0 Å². The summed E-state index contributed by atoms with van der Waals surface area (Å²) in [7, 11) is 1.56. The molecule has 1 N–H and O–H groups in total. The minimum absolute atomic E-state index is 0.0320. The van der Waals surface area contributed by atoms with Crippen LogP contribution in [-0.2, 0) is 11.3 Å². The van der Waals surface area contributed by atoms with Crippen molar-refractivity contribution in [2.75, 3.05) is 19.0 Å². The lowest BCUT2D eigenvalue weighted by molar-refractivity contribution is -0.114. The van der Waals surface area contributed by atoms with Crippen molar-refractivity contribution < 1.29 is 18.7 Å². The summed E-state index contributed by atoms with van der Waals surface area (Å²) in [6.45, 7) is 4.54. The maximum absolute atomic E-state index is 14.0. The molecule has 9 heteroatoms. The fourth-order valence-electron chi connectivity index (χ4n) is 2.92. The molecule has 1 fully saturated rings. The number of aromatic nitrogens is 2. The van der Waals surface area contributed by atoms with Crippen molar-refractivity contribution in [2.24, 2.45) is 0 Å². The van der Waals surface area contributed by atoms with Crippen LogP contribution in [0.25, 0.3) is 0 Å². The first-order valence-corrected chi connectivity index (χ1v) is 9.10. The van der Waals surface area contributed by atoms with Gasteiger partial charge >= 0.3 is 0 Å². The Bertz CT molecular complexity index is 785. The van der Waals surface area contributed by atoms with Crippen LogP contribution in [0.15, 0.2) is 18.2 Å². The summed E-state index contributed by atoms with van der Waals surface area (Å²) >= 11 is 1.16. The summed E-state index contributed by atoms with van der Waals surface area (Å²) in [5.74, 6) is 0.215. The third kappa shape index (κ3) is 4.47. The molecule has 1 amide bonds. The number of ether oxygens (including phenoxy) is 2. The maximum Gasteiger partial charge on any atom is 0.230 e. The van der Waals surface area contributed by atoms with Gasteiger partial charge in [-0.3, -0.25) is 9.69 Å². The Morgan fingerprint density at radius 1 is 1.42 bits per heavy atom. The molecule has 1 aliphatic rings. The highest BCUT2D eigenvalue weighted by Crippen LogP contribution is 2.28. The smallest absolute Gasteiger partial charge is 0.230 e. The molecule has 0 unspecified atom stereocenters. The number of anilines is 1. The van der Waals surface area contributed by atoms with Gasteiger partial charge in [-0.2, -0.15) is 14.4 Å². The molecule has 3 rings (SSSR count). The molecule has 3 heterocycles. The Morgan fingerprint density at radius 2 is 2.19 bits per heavy atom. The number of amides is 1. The summed E-state index contributed by atoms with van der Waals surface area (Å²) in [5.41, 5.74) is 0. The van der Waals surface area contributed by atoms with Crippen molar-refractivity contribution in [1.82, 2.24) is 14.9 Å². The van der Waals surface area contributed by atoms with Gasteiger partial charge in [0.25, 0.3) is 0 Å². The van der Waals surface area contributed by atoms with E-state index in [0.717, 1.165) is 17.8 Å². The number of carbonyl (C=O) groups is 1. The zero-order valence-corrected chi connectivity index (χ0v) is 15.7. The van der Waals surface area contributed by atoms with Crippen molar-refractivity contribution >= 4 is 22.4 Å². The monoisotopic (exact) mass is 380 g/mol. The molecule has 0 aromatic carbocycles. The molecule has 140 valence electrons. The SMILES string of the molecule is COc1cccc(O[C@@H]2C[C@H](C)N(Cc3sc(NC(C)=O)nc3F)C2)n1. The first-order valence-electron chi connectivity index (χ1n) is 8.29. The molecule has 0 spiro atoms. The molecule has 1 saturated heterocycles. The van der Waals surface area contributed by atoms with Crippen LogP contribution in [-0.4, -0.2) is 46.6 Å². The standard InChI is InChI=1S/C17H21FN4O3S/c1-10-7-12(25-15-6-4-5-14(20-15)24-3)8-22(10)9-13-16(18)21-17(26-13)19-11(2)23/h4-6,10,12H,7-9H2,1-3H3,(H,19,21,23)/t10-,12+/m0/s1. The van der Waals surface area contributed by atoms with Crippen molar-refractivity contribution in [1.29, 1.82) is 0 Å². The maximum atomic E-state index is 14.0. The van der Waals surface area contributed by atoms with Gasteiger partial charge < -0.3 is 14.8 Å². The second-order valence-electron chi connectivity index (χ2n) is 6.19. The van der Waals surface area contributed by atoms with E-state index in [1.54, 1.807) is 19.2 Å². The highest BCUT2D eigenvalue weighted by atomic mass is 32.1. The van der Waals surface area contributed by atoms with E-state index in [1.807, 2.05) is 6.07 Å². The number of nitrogens with one attached hydrogen (secondary N) is 1. The van der Waals surface area contributed by atoms with Gasteiger partial charge in [0.15, 0.2) is 5.13 Å². The number of likely N-dealkylation sites (tertiary alicyclic amines) is 1. The van der Waals surface area contributed by atoms with Crippen LogP contribution in [0.5, 0.6) is 11.8 Å². The molecule has 0 radical (unpaired) electrons. The highest BCUT2D eigenvalue weighted by Gasteiger charge is 2.32. The van der Waals surface area contributed by atoms with Gasteiger partial charge in [-0.1, -0.05) is 17.4 Å². The fourth-order valence-corrected chi connectivity index (χ4v) is 3.83. The zero-order chi connectivity index (χ0) is 18.7. The summed E-state index contributed by atoms with van der Waals surface area (Å²) in [6, 6.07) is 5.61. The number of methoxy groups -OCH3 is 1. The summed E-state index contributed by atoms with van der Waals surface area (Å²) in [5, 5.41) is 2.80. The zero-order valence-electron chi connectivity index (χ0n) is 14.9. The minimum atomic E-state index is -0.537. The van der Waals surface area contributed by atoms with E-state index in [0.29, 0.717) is 29.7 Å². The molecular weight excluding hydrogens is 359 g/mol. The molecule has 2 atom stereocenters. The van der Waals surface area contributed by atoms with Gasteiger partial charge in [0.2, 0.25) is 23.6 Å². The third-order valence-electron chi connectivity index (χ3n) is 4.14. The lowest BCUT2D eigenvalue weighted by atomic mass is 10.2. The fraction of sp³-hybridized carbons (Fsp3) is 0.471. The van der Waals surface area contributed by atoms with Crippen LogP contribution in [0.3, 0.4) is 0 Å². The van der Waals surface area contributed by atoms with Gasteiger partial charge in [-0.25, -0.2) is 0 Å². The van der Waals surface area contributed by atoms with Gasteiger partial charge in [-0.05, 0) is 6.92 Å². The highest BCUT2D eigenvalue weighted by molar-refractivity contribution is 7.15. The normalized spacial score (nSPS) is 20.2. The van der Waals surface area contributed by atoms with E-state index >= 15 is 0 Å². The number of halogens is 1. The van der Waals surface area contributed by atoms with E-state index in [-0.39, 0.29) is 23.2 Å². The van der Waals surface area contributed by atoms with Gasteiger partial charge in [0.1, 0.15) is 6.10 Å². The Kier molecular flexibility index (Phi) is 5.67. The molecule has 0 bridgehead atoms. The number of nitrogens with zero attached hydrogens (tertiary/aromatic N) is 3. The summed E-state index contributed by atoms with van der Waals surface area (Å²) in [6.07, 6.45) is 0.785. The Morgan fingerprint density at radius 3 is 2.92 bits per heavy atom. The second-order valence-corrected chi connectivity index (χ2v) is 7.27. The molecule has 2 aromatic rings. The number of hydrogen-bond acceptors (Lipinski definition) is 7. The second kappa shape index (κ2) is 7.96. The lowest BCUT2D eigenvalue weighted by Gasteiger charge is -2.19. The number of rotatable bonds is 6. The number of thiazole rings is 1. The predicted molar refractivity (Wildman–Crippen MR) is 96.1 cm³/mol. The first kappa shape index (κ1) is 18.5. The quantitative estimate of drug-likeness (QED) is 0.830. The van der Waals surface area contributed by atoms with Crippen LogP contribution < -0.4 is 14.8 Å². The van der Waals surface area contributed by atoms with Crippen molar-refractivity contribution in [2.45, 2.75) is 39.0 Å². The third-order valence-corrected chi connectivity index (χ3v) is 5.07. The molecule has 0 saturated carbocycles. The Hall–Kier alpha value is -2.26. The molecule has 2 aromatic heterocycles. The van der Waals surface area contributed by atoms with Gasteiger partial charge in [0.05, 0.1) is 12.0 Å². The predicted octanol–water partition coefficient (Wildman–Crippen LogP) is 2.69. The van der Waals surface area contributed by atoms with Crippen LogP contribution in [0.4, 0.5) is 9.52 Å². The molecule has 0 aliphatic carbocycles. The van der Waals surface area contributed by atoms with Crippen molar-refractivity contribution in [3.05, 3.63) is 29.0 Å². The van der Waals surface area contributed by atoms with E-state index in [1.165, 1.54) is 6.92 Å². The van der Waals surface area contributed by atoms with Crippen LogP contribution in [0, 0.1) is 5.95 Å². The van der Waals surface area contributed by atoms with E-state index < -0.39 is 5.95 Å². The van der Waals surface area contributed by atoms with E-state index in [9.17, 15) is 9.18 Å². The van der Waals surface area contributed by atoms with Crippen LogP contribution in [0.1, 0.15) is 25.1 Å². The topological polar surface area (TPSA) is 76.6 Å². The van der Waals surface area contributed by atoms with Crippen molar-refractivity contribution in [3.63, 3.8) is 0 Å². The molecule has 7 nitrogen and oxygen atoms in total. The Labute approximate surface area is 155 Å². The first-order chi connectivity index (χ1) is 12.4. The molecular formula is C17H21FN4O3S. The molecule has 26 heavy (non-hydrogen) atoms. The number of carbonyl (C=O) groups excluding carboxylic acids is 1. The number of hydrogen-bond donors (Lipinski definition) is 1. The average molecular weight is 380 g/mol. The minimum Gasteiger partial charge on any atom is -0.481 e. The summed E-state index contributed by atoms with van der Waals surface area (Å²) in [4.78, 5) is 21.7. The van der Waals surface area contributed by atoms with Gasteiger partial charge in [-0.15, -0.1) is 0 Å². The Balaban J connectivity index is 1.62. The van der Waals surface area contributed by atoms with Crippen molar-refractivity contribution in [3.8, 4) is 11.8 Å². The van der Waals surface area contributed by atoms with E-state index in [2.05, 4.69) is 27.1 Å². The molecule has 1 aliphatic heterocycles. The summed E-state index contributed by atoms with van der Waals surface area (Å²) < 4.78 is 25.1. The van der Waals surface area contributed by atoms with Gasteiger partial charge in [0, 0.05) is 44.6 Å². The number of pyridine rings is 1. The average Bonchev–Trinajstić information content (AvgIpc) is 3.09. The lowest BCUT2D eigenvalue weighted by Crippen LogP contribution is -2.28. The van der Waals surface area contributed by atoms with E-state index in [4.69, 9.17) is 9.47 Å². The van der Waals surface area contributed by atoms with Crippen LogP contribution >= 0.6 is 11.3 Å².